The van der Waals surface area contributed by atoms with Gasteiger partial charge in [0.1, 0.15) is 5.71 Å². The van der Waals surface area contributed by atoms with E-state index in [1.54, 1.807) is 16.7 Å². The molecule has 1 aliphatic rings. The SMILES string of the molecule is O=c1c2ccccc2nc2n1CC/C2=N\O. The molecule has 2 heterocycles. The Bertz CT molecular complexity index is 658. The fourth-order valence-corrected chi connectivity index (χ4v) is 2.02. The summed E-state index contributed by atoms with van der Waals surface area (Å²) in [6.07, 6.45) is 0.551. The van der Waals surface area contributed by atoms with Crippen molar-refractivity contribution in [1.29, 1.82) is 0 Å². The highest BCUT2D eigenvalue weighted by molar-refractivity contribution is 6.00. The van der Waals surface area contributed by atoms with E-state index in [0.717, 1.165) is 0 Å². The first-order chi connectivity index (χ1) is 7.81. The minimum Gasteiger partial charge on any atom is -0.411 e. The average Bonchev–Trinajstić information content (AvgIpc) is 2.72. The van der Waals surface area contributed by atoms with Crippen molar-refractivity contribution in [2.75, 3.05) is 0 Å². The summed E-state index contributed by atoms with van der Waals surface area (Å²) in [5.41, 5.74) is 1.05. The Kier molecular flexibility index (Phi) is 1.80. The molecule has 1 aromatic carbocycles. The normalized spacial score (nSPS) is 16.9. The van der Waals surface area contributed by atoms with Crippen LogP contribution < -0.4 is 5.56 Å². The number of para-hydroxylation sites is 1. The number of benzene rings is 1. The molecule has 0 fully saturated rings. The van der Waals surface area contributed by atoms with Gasteiger partial charge in [0.15, 0.2) is 5.82 Å². The Hall–Kier alpha value is -2.17. The van der Waals surface area contributed by atoms with Crippen LogP contribution >= 0.6 is 0 Å². The summed E-state index contributed by atoms with van der Waals surface area (Å²) >= 11 is 0. The highest BCUT2D eigenvalue weighted by Gasteiger charge is 2.22. The molecule has 0 spiro atoms. The predicted octanol–water partition coefficient (Wildman–Crippen LogP) is 0.978. The number of rotatable bonds is 0. The summed E-state index contributed by atoms with van der Waals surface area (Å²) in [7, 11) is 0. The zero-order valence-corrected chi connectivity index (χ0v) is 8.42. The highest BCUT2D eigenvalue weighted by Crippen LogP contribution is 2.14. The van der Waals surface area contributed by atoms with Gasteiger partial charge in [-0.3, -0.25) is 9.36 Å². The van der Waals surface area contributed by atoms with Crippen LogP contribution in [0, 0.1) is 0 Å². The lowest BCUT2D eigenvalue weighted by atomic mass is 10.2. The van der Waals surface area contributed by atoms with Crippen LogP contribution in [0.3, 0.4) is 0 Å². The van der Waals surface area contributed by atoms with Crippen LogP contribution in [0.2, 0.25) is 0 Å². The van der Waals surface area contributed by atoms with E-state index in [0.29, 0.717) is 35.4 Å². The van der Waals surface area contributed by atoms with Crippen LogP contribution in [-0.2, 0) is 6.54 Å². The molecule has 0 amide bonds. The van der Waals surface area contributed by atoms with E-state index in [1.807, 2.05) is 12.1 Å². The van der Waals surface area contributed by atoms with Crippen LogP contribution in [0.1, 0.15) is 12.2 Å². The van der Waals surface area contributed by atoms with Gasteiger partial charge in [-0.15, -0.1) is 0 Å². The lowest BCUT2D eigenvalue weighted by Crippen LogP contribution is -2.21. The molecule has 0 saturated carbocycles. The molecule has 0 aliphatic carbocycles. The molecule has 2 aromatic rings. The lowest BCUT2D eigenvalue weighted by molar-refractivity contribution is 0.318. The van der Waals surface area contributed by atoms with Crippen LogP contribution in [-0.4, -0.2) is 20.5 Å². The van der Waals surface area contributed by atoms with E-state index < -0.39 is 0 Å². The summed E-state index contributed by atoms with van der Waals surface area (Å²) in [4.78, 5) is 16.4. The minimum atomic E-state index is -0.0701. The van der Waals surface area contributed by atoms with Crippen LogP contribution in [0.15, 0.2) is 34.2 Å². The fourth-order valence-electron chi connectivity index (χ4n) is 2.02. The minimum absolute atomic E-state index is 0.0701. The van der Waals surface area contributed by atoms with Gasteiger partial charge in [0.25, 0.3) is 5.56 Å². The molecule has 0 radical (unpaired) electrons. The molecule has 80 valence electrons. The molecule has 0 saturated heterocycles. The third-order valence-electron chi connectivity index (χ3n) is 2.81. The maximum atomic E-state index is 12.1. The molecule has 16 heavy (non-hydrogen) atoms. The van der Waals surface area contributed by atoms with Gasteiger partial charge in [0.05, 0.1) is 10.9 Å². The first-order valence-corrected chi connectivity index (χ1v) is 5.02. The Labute approximate surface area is 90.7 Å². The third-order valence-corrected chi connectivity index (χ3v) is 2.81. The van der Waals surface area contributed by atoms with Crippen molar-refractivity contribution in [2.24, 2.45) is 5.16 Å². The van der Waals surface area contributed by atoms with Crippen LogP contribution in [0.5, 0.6) is 0 Å². The maximum Gasteiger partial charge on any atom is 0.261 e. The summed E-state index contributed by atoms with van der Waals surface area (Å²) in [6, 6.07) is 7.18. The predicted molar refractivity (Wildman–Crippen MR) is 58.9 cm³/mol. The van der Waals surface area contributed by atoms with Crippen molar-refractivity contribution in [2.45, 2.75) is 13.0 Å². The van der Waals surface area contributed by atoms with Gasteiger partial charge in [0.2, 0.25) is 0 Å². The second-order valence-corrected chi connectivity index (χ2v) is 3.71. The molecular formula is C11H9N3O2. The molecule has 0 atom stereocenters. The van der Waals surface area contributed by atoms with Crippen LogP contribution in [0.4, 0.5) is 0 Å². The second kappa shape index (κ2) is 3.16. The summed E-state index contributed by atoms with van der Waals surface area (Å²) in [6.45, 7) is 0.533. The van der Waals surface area contributed by atoms with E-state index >= 15 is 0 Å². The molecule has 1 aliphatic heterocycles. The van der Waals surface area contributed by atoms with Gasteiger partial charge < -0.3 is 5.21 Å². The molecule has 0 unspecified atom stereocenters. The smallest absolute Gasteiger partial charge is 0.261 e. The second-order valence-electron chi connectivity index (χ2n) is 3.71. The Balaban J connectivity index is 2.46. The number of oxime groups is 1. The fraction of sp³-hybridized carbons (Fsp3) is 0.182. The van der Waals surface area contributed by atoms with Crippen molar-refractivity contribution >= 4 is 16.6 Å². The van der Waals surface area contributed by atoms with Gasteiger partial charge in [-0.1, -0.05) is 17.3 Å². The summed E-state index contributed by atoms with van der Waals surface area (Å²) in [5, 5.41) is 12.6. The molecule has 5 heteroatoms. The first kappa shape index (κ1) is 9.08. The van der Waals surface area contributed by atoms with Crippen molar-refractivity contribution in [3.63, 3.8) is 0 Å². The Morgan fingerprint density at radius 3 is 3.00 bits per heavy atom. The highest BCUT2D eigenvalue weighted by atomic mass is 16.4. The number of hydrogen-bond acceptors (Lipinski definition) is 4. The van der Waals surface area contributed by atoms with E-state index in [4.69, 9.17) is 5.21 Å². The van der Waals surface area contributed by atoms with Crippen molar-refractivity contribution in [3.8, 4) is 0 Å². The molecule has 0 bridgehead atoms. The third kappa shape index (κ3) is 1.08. The van der Waals surface area contributed by atoms with Crippen molar-refractivity contribution in [3.05, 3.63) is 40.4 Å². The maximum absolute atomic E-state index is 12.1. The largest absolute Gasteiger partial charge is 0.411 e. The number of nitrogens with zero attached hydrogens (tertiary/aromatic N) is 3. The van der Waals surface area contributed by atoms with Crippen molar-refractivity contribution < 1.29 is 5.21 Å². The summed E-state index contributed by atoms with van der Waals surface area (Å²) in [5.74, 6) is 0.478. The number of hydrogen-bond donors (Lipinski definition) is 1. The van der Waals surface area contributed by atoms with Crippen LogP contribution in [0.25, 0.3) is 10.9 Å². The lowest BCUT2D eigenvalue weighted by Gasteiger charge is -2.03. The van der Waals surface area contributed by atoms with Gasteiger partial charge in [-0.2, -0.15) is 0 Å². The molecule has 5 nitrogen and oxygen atoms in total. The topological polar surface area (TPSA) is 67.5 Å². The van der Waals surface area contributed by atoms with E-state index in [-0.39, 0.29) is 5.56 Å². The van der Waals surface area contributed by atoms with E-state index in [1.165, 1.54) is 0 Å². The van der Waals surface area contributed by atoms with Crippen molar-refractivity contribution in [1.82, 2.24) is 9.55 Å². The van der Waals surface area contributed by atoms with E-state index in [2.05, 4.69) is 10.1 Å². The Morgan fingerprint density at radius 2 is 2.19 bits per heavy atom. The average molecular weight is 215 g/mol. The molecule has 1 aromatic heterocycles. The Morgan fingerprint density at radius 1 is 1.38 bits per heavy atom. The number of aromatic nitrogens is 2. The van der Waals surface area contributed by atoms with Gasteiger partial charge >= 0.3 is 0 Å². The quantitative estimate of drug-likeness (QED) is 0.526. The molecular weight excluding hydrogens is 206 g/mol. The zero-order chi connectivity index (χ0) is 11.1. The standard InChI is InChI=1S/C11H9N3O2/c15-11-7-3-1-2-4-8(7)12-10-9(13-16)5-6-14(10)11/h1-4,16H,5-6H2/b13-9+. The zero-order valence-electron chi connectivity index (χ0n) is 8.42. The first-order valence-electron chi connectivity index (χ1n) is 5.02. The summed E-state index contributed by atoms with van der Waals surface area (Å²) < 4.78 is 1.55. The monoisotopic (exact) mass is 215 g/mol. The van der Waals surface area contributed by atoms with E-state index in [9.17, 15) is 4.79 Å². The number of fused-ring (bicyclic) bond motifs is 2. The van der Waals surface area contributed by atoms with Gasteiger partial charge in [-0.05, 0) is 12.1 Å². The molecule has 3 rings (SSSR count). The van der Waals surface area contributed by atoms with Gasteiger partial charge in [-0.25, -0.2) is 4.98 Å². The van der Waals surface area contributed by atoms with Gasteiger partial charge in [0, 0.05) is 13.0 Å². The molecule has 1 N–H and O–H groups in total.